The van der Waals surface area contributed by atoms with Crippen molar-refractivity contribution in [2.75, 3.05) is 31.1 Å². The highest BCUT2D eigenvalue weighted by Gasteiger charge is 2.20. The van der Waals surface area contributed by atoms with Crippen molar-refractivity contribution < 1.29 is 0 Å². The monoisotopic (exact) mass is 338 g/mol. The van der Waals surface area contributed by atoms with Crippen molar-refractivity contribution in [2.45, 2.75) is 26.7 Å². The lowest BCUT2D eigenvalue weighted by atomic mass is 10.0. The number of nitrogens with zero attached hydrogens (tertiary/aromatic N) is 2. The van der Waals surface area contributed by atoms with E-state index in [0.717, 1.165) is 31.2 Å². The predicted octanol–water partition coefficient (Wildman–Crippen LogP) is 4.62. The van der Waals surface area contributed by atoms with Gasteiger partial charge in [0.05, 0.1) is 0 Å². The minimum atomic E-state index is 0.561. The lowest BCUT2D eigenvalue weighted by Gasteiger charge is -2.37. The molecule has 2 nitrogen and oxygen atoms in total. The van der Waals surface area contributed by atoms with E-state index in [4.69, 9.17) is 12.2 Å². The van der Waals surface area contributed by atoms with E-state index in [9.17, 15) is 0 Å². The molecular weight excluding hydrogens is 312 g/mol. The van der Waals surface area contributed by atoms with Crippen molar-refractivity contribution in [3.05, 3.63) is 65.2 Å². The van der Waals surface area contributed by atoms with Gasteiger partial charge < -0.3 is 9.80 Å². The van der Waals surface area contributed by atoms with E-state index in [1.54, 1.807) is 0 Å². The van der Waals surface area contributed by atoms with Crippen molar-refractivity contribution >= 4 is 22.9 Å². The average molecular weight is 339 g/mol. The fourth-order valence-electron chi connectivity index (χ4n) is 3.19. The fraction of sp³-hybridized carbons (Fsp3) is 0.381. The summed E-state index contributed by atoms with van der Waals surface area (Å²) in [7, 11) is 0. The number of rotatable bonds is 3. The smallest absolute Gasteiger partial charge is 0.109 e. The molecule has 0 unspecified atom stereocenters. The van der Waals surface area contributed by atoms with Crippen LogP contribution in [0.3, 0.4) is 0 Å². The van der Waals surface area contributed by atoms with Crippen molar-refractivity contribution in [1.29, 1.82) is 0 Å². The Balaban J connectivity index is 1.62. The van der Waals surface area contributed by atoms with E-state index in [-0.39, 0.29) is 0 Å². The Morgan fingerprint density at radius 3 is 2.21 bits per heavy atom. The van der Waals surface area contributed by atoms with Gasteiger partial charge >= 0.3 is 0 Å². The summed E-state index contributed by atoms with van der Waals surface area (Å²) in [5.74, 6) is 0.561. The number of aryl methyl sites for hydroxylation is 1. The van der Waals surface area contributed by atoms with Gasteiger partial charge in [-0.15, -0.1) is 0 Å². The number of hydrogen-bond donors (Lipinski definition) is 0. The van der Waals surface area contributed by atoms with Crippen LogP contribution in [-0.4, -0.2) is 36.1 Å². The van der Waals surface area contributed by atoms with Crippen LogP contribution >= 0.6 is 12.2 Å². The molecule has 3 rings (SSSR count). The summed E-state index contributed by atoms with van der Waals surface area (Å²) < 4.78 is 0. The van der Waals surface area contributed by atoms with Crippen LogP contribution in [0.4, 0.5) is 5.69 Å². The minimum absolute atomic E-state index is 0.561. The topological polar surface area (TPSA) is 6.48 Å². The van der Waals surface area contributed by atoms with Crippen LogP contribution in [0.15, 0.2) is 48.5 Å². The van der Waals surface area contributed by atoms with Gasteiger partial charge in [0, 0.05) is 37.4 Å². The first-order chi connectivity index (χ1) is 11.5. The van der Waals surface area contributed by atoms with E-state index >= 15 is 0 Å². The predicted molar refractivity (Wildman–Crippen MR) is 107 cm³/mol. The summed E-state index contributed by atoms with van der Waals surface area (Å²) in [6.45, 7) is 10.6. The van der Waals surface area contributed by atoms with Crippen LogP contribution in [0.2, 0.25) is 0 Å². The van der Waals surface area contributed by atoms with E-state index in [1.807, 2.05) is 0 Å². The zero-order valence-corrected chi connectivity index (χ0v) is 15.6. The third-order valence-electron chi connectivity index (χ3n) is 4.76. The lowest BCUT2D eigenvalue weighted by molar-refractivity contribution is 0.392. The van der Waals surface area contributed by atoms with Crippen LogP contribution in [0.25, 0.3) is 0 Å². The van der Waals surface area contributed by atoms with Crippen molar-refractivity contribution in [1.82, 2.24) is 4.90 Å². The van der Waals surface area contributed by atoms with Crippen LogP contribution in [0.1, 0.15) is 36.5 Å². The second kappa shape index (κ2) is 7.35. The molecule has 2 aromatic rings. The highest BCUT2D eigenvalue weighted by atomic mass is 32.1. The largest absolute Gasteiger partial charge is 0.368 e. The second-order valence-electron chi connectivity index (χ2n) is 6.89. The Labute approximate surface area is 151 Å². The van der Waals surface area contributed by atoms with Crippen LogP contribution in [0, 0.1) is 6.92 Å². The maximum atomic E-state index is 5.73. The fourth-order valence-corrected chi connectivity index (χ4v) is 3.50. The summed E-state index contributed by atoms with van der Waals surface area (Å²) in [5, 5.41) is 0. The van der Waals surface area contributed by atoms with Gasteiger partial charge in [0.2, 0.25) is 0 Å². The van der Waals surface area contributed by atoms with Gasteiger partial charge in [-0.1, -0.05) is 62.5 Å². The van der Waals surface area contributed by atoms with Gasteiger partial charge in [-0.2, -0.15) is 0 Å². The molecular formula is C21H26N2S. The highest BCUT2D eigenvalue weighted by molar-refractivity contribution is 7.80. The Bertz CT molecular complexity index is 698. The molecule has 0 aromatic heterocycles. The maximum Gasteiger partial charge on any atom is 0.109 e. The summed E-state index contributed by atoms with van der Waals surface area (Å²) in [4.78, 5) is 5.77. The lowest BCUT2D eigenvalue weighted by Crippen LogP contribution is -2.48. The zero-order valence-electron chi connectivity index (χ0n) is 14.8. The Hall–Kier alpha value is -1.87. The van der Waals surface area contributed by atoms with Crippen molar-refractivity contribution in [3.63, 3.8) is 0 Å². The minimum Gasteiger partial charge on any atom is -0.368 e. The first-order valence-electron chi connectivity index (χ1n) is 8.75. The molecule has 1 heterocycles. The molecule has 0 atom stereocenters. The molecule has 0 spiro atoms. The number of thiocarbonyl (C=S) groups is 1. The summed E-state index contributed by atoms with van der Waals surface area (Å²) in [5.41, 5.74) is 5.17. The second-order valence-corrected chi connectivity index (χ2v) is 7.28. The number of hydrogen-bond acceptors (Lipinski definition) is 2. The number of benzene rings is 2. The number of piperazine rings is 1. The molecule has 0 aliphatic carbocycles. The zero-order chi connectivity index (χ0) is 17.1. The Morgan fingerprint density at radius 2 is 1.62 bits per heavy atom. The van der Waals surface area contributed by atoms with Crippen LogP contribution < -0.4 is 4.90 Å². The van der Waals surface area contributed by atoms with Gasteiger partial charge in [-0.05, 0) is 36.1 Å². The first-order valence-corrected chi connectivity index (χ1v) is 9.16. The van der Waals surface area contributed by atoms with Gasteiger partial charge in [0.25, 0.3) is 0 Å². The van der Waals surface area contributed by atoms with Gasteiger partial charge in [-0.3, -0.25) is 0 Å². The Morgan fingerprint density at radius 1 is 0.958 bits per heavy atom. The molecule has 0 amide bonds. The van der Waals surface area contributed by atoms with Gasteiger partial charge in [0.15, 0.2) is 0 Å². The molecule has 24 heavy (non-hydrogen) atoms. The van der Waals surface area contributed by atoms with Crippen molar-refractivity contribution in [2.24, 2.45) is 0 Å². The van der Waals surface area contributed by atoms with E-state index in [2.05, 4.69) is 79.1 Å². The van der Waals surface area contributed by atoms with Crippen LogP contribution in [-0.2, 0) is 0 Å². The third kappa shape index (κ3) is 3.78. The molecule has 1 fully saturated rings. The number of anilines is 1. The molecule has 2 aromatic carbocycles. The molecule has 1 saturated heterocycles. The quantitative estimate of drug-likeness (QED) is 0.754. The van der Waals surface area contributed by atoms with Gasteiger partial charge in [-0.25, -0.2) is 0 Å². The van der Waals surface area contributed by atoms with Crippen molar-refractivity contribution in [3.8, 4) is 0 Å². The summed E-state index contributed by atoms with van der Waals surface area (Å²) in [6.07, 6.45) is 0. The third-order valence-corrected chi connectivity index (χ3v) is 5.25. The first kappa shape index (κ1) is 17.0. The molecule has 0 radical (unpaired) electrons. The van der Waals surface area contributed by atoms with E-state index in [1.165, 1.54) is 22.4 Å². The molecule has 0 N–H and O–H groups in total. The van der Waals surface area contributed by atoms with Crippen LogP contribution in [0.5, 0.6) is 0 Å². The standard InChI is InChI=1S/C21H26N2S/c1-16(2)18-7-9-19(10-8-18)21(24)23-13-11-22(12-14-23)20-6-4-5-17(3)15-20/h4-10,15-16H,11-14H2,1-3H3. The van der Waals surface area contributed by atoms with E-state index in [0.29, 0.717) is 5.92 Å². The van der Waals surface area contributed by atoms with Gasteiger partial charge in [0.1, 0.15) is 4.99 Å². The SMILES string of the molecule is Cc1cccc(N2CCN(C(=S)c3ccc(C(C)C)cc3)CC2)c1. The maximum absolute atomic E-state index is 5.73. The molecule has 1 aliphatic rings. The highest BCUT2D eigenvalue weighted by Crippen LogP contribution is 2.20. The average Bonchev–Trinajstić information content (AvgIpc) is 2.61. The normalized spacial score (nSPS) is 15.0. The molecule has 0 bridgehead atoms. The Kier molecular flexibility index (Phi) is 5.20. The summed E-state index contributed by atoms with van der Waals surface area (Å²) >= 11 is 5.73. The molecule has 0 saturated carbocycles. The van der Waals surface area contributed by atoms with E-state index < -0.39 is 0 Å². The summed E-state index contributed by atoms with van der Waals surface area (Å²) in [6, 6.07) is 17.5. The molecule has 1 aliphatic heterocycles. The molecule has 3 heteroatoms. The molecule has 126 valence electrons.